The van der Waals surface area contributed by atoms with Crippen LogP contribution in [-0.2, 0) is 16.0 Å². The number of hydrogen-bond donors (Lipinski definition) is 0. The first kappa shape index (κ1) is 9.45. The summed E-state index contributed by atoms with van der Waals surface area (Å²) in [5.74, 6) is -0.405. The highest BCUT2D eigenvalue weighted by Gasteiger charge is 2.09. The van der Waals surface area contributed by atoms with E-state index in [2.05, 4.69) is 4.74 Å². The molecule has 0 atom stereocenters. The lowest BCUT2D eigenvalue weighted by Gasteiger charge is -2.03. The van der Waals surface area contributed by atoms with Gasteiger partial charge in [0.25, 0.3) is 0 Å². The van der Waals surface area contributed by atoms with Crippen molar-refractivity contribution in [3.05, 3.63) is 35.4 Å². The quantitative estimate of drug-likeness (QED) is 0.516. The number of rotatable bonds is 3. The Labute approximate surface area is 76.3 Å². The third kappa shape index (κ3) is 2.15. The molecule has 0 fully saturated rings. The molecule has 0 unspecified atom stereocenters. The van der Waals surface area contributed by atoms with Crippen LogP contribution < -0.4 is 0 Å². The van der Waals surface area contributed by atoms with Crippen molar-refractivity contribution in [2.45, 2.75) is 6.42 Å². The van der Waals surface area contributed by atoms with Crippen LogP contribution >= 0.6 is 0 Å². The molecular formula is C10H10O3. The molecule has 0 radical (unpaired) electrons. The predicted octanol–water partition coefficient (Wildman–Crippen LogP) is 1.21. The number of benzene rings is 1. The van der Waals surface area contributed by atoms with Crippen molar-refractivity contribution in [1.82, 2.24) is 0 Å². The molecule has 13 heavy (non-hydrogen) atoms. The Morgan fingerprint density at radius 2 is 2.15 bits per heavy atom. The number of methoxy groups -OCH3 is 1. The maximum atomic E-state index is 11.2. The SMILES string of the molecule is COC(=O)c1ccccc1CC=O. The summed E-state index contributed by atoms with van der Waals surface area (Å²) in [6, 6.07) is 6.90. The van der Waals surface area contributed by atoms with Gasteiger partial charge in [0.1, 0.15) is 6.29 Å². The Balaban J connectivity index is 3.03. The van der Waals surface area contributed by atoms with Crippen LogP contribution in [0.1, 0.15) is 15.9 Å². The van der Waals surface area contributed by atoms with Gasteiger partial charge in [-0.15, -0.1) is 0 Å². The minimum Gasteiger partial charge on any atom is -0.465 e. The van der Waals surface area contributed by atoms with Crippen molar-refractivity contribution < 1.29 is 14.3 Å². The zero-order chi connectivity index (χ0) is 9.68. The van der Waals surface area contributed by atoms with Gasteiger partial charge >= 0.3 is 5.97 Å². The van der Waals surface area contributed by atoms with E-state index in [1.807, 2.05) is 0 Å². The van der Waals surface area contributed by atoms with Gasteiger partial charge in [-0.25, -0.2) is 4.79 Å². The van der Waals surface area contributed by atoms with E-state index in [-0.39, 0.29) is 6.42 Å². The smallest absolute Gasteiger partial charge is 0.338 e. The van der Waals surface area contributed by atoms with E-state index in [1.54, 1.807) is 24.3 Å². The molecule has 0 aliphatic heterocycles. The first-order chi connectivity index (χ1) is 6.29. The summed E-state index contributed by atoms with van der Waals surface area (Å²) in [5.41, 5.74) is 1.15. The molecule has 0 amide bonds. The largest absolute Gasteiger partial charge is 0.465 e. The van der Waals surface area contributed by atoms with Crippen LogP contribution in [0.25, 0.3) is 0 Å². The maximum Gasteiger partial charge on any atom is 0.338 e. The van der Waals surface area contributed by atoms with Crippen LogP contribution in [0.15, 0.2) is 24.3 Å². The van der Waals surface area contributed by atoms with E-state index in [0.29, 0.717) is 11.1 Å². The standard InChI is InChI=1S/C10H10O3/c1-13-10(12)9-5-3-2-4-8(9)6-7-11/h2-5,7H,6H2,1H3. The van der Waals surface area contributed by atoms with E-state index in [4.69, 9.17) is 0 Å². The van der Waals surface area contributed by atoms with E-state index >= 15 is 0 Å². The summed E-state index contributed by atoms with van der Waals surface area (Å²) in [6.07, 6.45) is 1.01. The Kier molecular flexibility index (Phi) is 3.20. The van der Waals surface area contributed by atoms with Crippen LogP contribution in [0.2, 0.25) is 0 Å². The lowest BCUT2D eigenvalue weighted by atomic mass is 10.1. The van der Waals surface area contributed by atoms with Crippen molar-refractivity contribution in [1.29, 1.82) is 0 Å². The van der Waals surface area contributed by atoms with Gasteiger partial charge in [0.2, 0.25) is 0 Å². The first-order valence-corrected chi connectivity index (χ1v) is 3.89. The lowest BCUT2D eigenvalue weighted by Crippen LogP contribution is -2.05. The molecule has 0 saturated carbocycles. The van der Waals surface area contributed by atoms with Crippen LogP contribution in [-0.4, -0.2) is 19.4 Å². The molecule has 0 heterocycles. The van der Waals surface area contributed by atoms with E-state index in [0.717, 1.165) is 6.29 Å². The molecular weight excluding hydrogens is 168 g/mol. The predicted molar refractivity (Wildman–Crippen MR) is 47.5 cm³/mol. The van der Waals surface area contributed by atoms with Gasteiger partial charge in [0.05, 0.1) is 12.7 Å². The molecule has 68 valence electrons. The average Bonchev–Trinajstić information content (AvgIpc) is 2.18. The number of carbonyl (C=O) groups excluding carboxylic acids is 2. The van der Waals surface area contributed by atoms with Gasteiger partial charge in [-0.05, 0) is 11.6 Å². The van der Waals surface area contributed by atoms with Crippen molar-refractivity contribution in [3.8, 4) is 0 Å². The zero-order valence-corrected chi connectivity index (χ0v) is 7.32. The van der Waals surface area contributed by atoms with Gasteiger partial charge < -0.3 is 9.53 Å². The monoisotopic (exact) mass is 178 g/mol. The molecule has 0 spiro atoms. The fourth-order valence-corrected chi connectivity index (χ4v) is 1.10. The van der Waals surface area contributed by atoms with Crippen molar-refractivity contribution >= 4 is 12.3 Å². The Hall–Kier alpha value is -1.64. The molecule has 0 N–H and O–H groups in total. The van der Waals surface area contributed by atoms with E-state index in [1.165, 1.54) is 7.11 Å². The minimum absolute atomic E-state index is 0.241. The third-order valence-electron chi connectivity index (χ3n) is 1.73. The Bertz CT molecular complexity index is 318. The summed E-state index contributed by atoms with van der Waals surface area (Å²) in [4.78, 5) is 21.5. The highest BCUT2D eigenvalue weighted by Crippen LogP contribution is 2.09. The molecule has 3 nitrogen and oxygen atoms in total. The number of aldehydes is 1. The molecule has 0 aliphatic rings. The molecule has 3 heteroatoms. The van der Waals surface area contributed by atoms with E-state index < -0.39 is 5.97 Å². The zero-order valence-electron chi connectivity index (χ0n) is 7.32. The maximum absolute atomic E-state index is 11.2. The van der Waals surface area contributed by atoms with E-state index in [9.17, 15) is 9.59 Å². The van der Waals surface area contributed by atoms with Crippen LogP contribution in [0.4, 0.5) is 0 Å². The molecule has 0 aliphatic carbocycles. The van der Waals surface area contributed by atoms with Crippen molar-refractivity contribution in [3.63, 3.8) is 0 Å². The van der Waals surface area contributed by atoms with Gasteiger partial charge in [-0.2, -0.15) is 0 Å². The average molecular weight is 178 g/mol. The van der Waals surface area contributed by atoms with Crippen molar-refractivity contribution in [2.24, 2.45) is 0 Å². The second-order valence-electron chi connectivity index (χ2n) is 2.52. The van der Waals surface area contributed by atoms with Gasteiger partial charge in [0, 0.05) is 6.42 Å². The first-order valence-electron chi connectivity index (χ1n) is 3.89. The molecule has 0 saturated heterocycles. The number of hydrogen-bond acceptors (Lipinski definition) is 3. The molecule has 0 bridgehead atoms. The topological polar surface area (TPSA) is 43.4 Å². The van der Waals surface area contributed by atoms with Gasteiger partial charge in [-0.3, -0.25) is 0 Å². The molecule has 0 aromatic heterocycles. The summed E-state index contributed by atoms with van der Waals surface area (Å²) < 4.78 is 4.57. The van der Waals surface area contributed by atoms with Crippen LogP contribution in [0, 0.1) is 0 Å². The fraction of sp³-hybridized carbons (Fsp3) is 0.200. The van der Waals surface area contributed by atoms with Gasteiger partial charge in [0.15, 0.2) is 0 Å². The Morgan fingerprint density at radius 1 is 1.46 bits per heavy atom. The molecule has 1 aromatic carbocycles. The second kappa shape index (κ2) is 4.40. The molecule has 1 rings (SSSR count). The molecule has 1 aromatic rings. The lowest BCUT2D eigenvalue weighted by molar-refractivity contribution is -0.107. The Morgan fingerprint density at radius 3 is 2.77 bits per heavy atom. The fourth-order valence-electron chi connectivity index (χ4n) is 1.10. The highest BCUT2D eigenvalue weighted by molar-refractivity contribution is 5.91. The van der Waals surface area contributed by atoms with Crippen molar-refractivity contribution in [2.75, 3.05) is 7.11 Å². The summed E-state index contributed by atoms with van der Waals surface area (Å²) in [7, 11) is 1.32. The summed E-state index contributed by atoms with van der Waals surface area (Å²) in [6.45, 7) is 0. The number of esters is 1. The summed E-state index contributed by atoms with van der Waals surface area (Å²) in [5, 5.41) is 0. The second-order valence-corrected chi connectivity index (χ2v) is 2.52. The highest BCUT2D eigenvalue weighted by atomic mass is 16.5. The summed E-state index contributed by atoms with van der Waals surface area (Å²) >= 11 is 0. The van der Waals surface area contributed by atoms with Gasteiger partial charge in [-0.1, -0.05) is 18.2 Å². The number of ether oxygens (including phenoxy) is 1. The third-order valence-corrected chi connectivity index (χ3v) is 1.73. The normalized spacial score (nSPS) is 9.31. The minimum atomic E-state index is -0.405. The van der Waals surface area contributed by atoms with Crippen LogP contribution in [0.5, 0.6) is 0 Å². The van der Waals surface area contributed by atoms with Crippen LogP contribution in [0.3, 0.4) is 0 Å². The number of carbonyl (C=O) groups is 2.